The molecular weight excluding hydrogens is 228 g/mol. The summed E-state index contributed by atoms with van der Waals surface area (Å²) in [6.07, 6.45) is 24.4. The van der Waals surface area contributed by atoms with Crippen LogP contribution in [0.25, 0.3) is 0 Å². The maximum atomic E-state index is 5.41. The van der Waals surface area contributed by atoms with Crippen molar-refractivity contribution in [3.63, 3.8) is 0 Å². The molecule has 0 spiro atoms. The van der Waals surface area contributed by atoms with Crippen LogP contribution in [0.5, 0.6) is 0 Å². The lowest BCUT2D eigenvalue weighted by atomic mass is 9.75. The molecule has 0 aliphatic rings. The molecule has 0 unspecified atom stereocenters. The SMILES string of the molecule is C#CCCCC(C#CCC)(CCC#C)CCCC#C. The third-order valence-corrected chi connectivity index (χ3v) is 3.23. The molecule has 0 aliphatic heterocycles. The summed E-state index contributed by atoms with van der Waals surface area (Å²) in [6.45, 7) is 2.07. The number of hydrogen-bond acceptors (Lipinski definition) is 0. The van der Waals surface area contributed by atoms with Gasteiger partial charge in [0.2, 0.25) is 0 Å². The van der Waals surface area contributed by atoms with E-state index in [1.54, 1.807) is 0 Å². The van der Waals surface area contributed by atoms with Crippen LogP contribution in [0.3, 0.4) is 0 Å². The van der Waals surface area contributed by atoms with E-state index in [4.69, 9.17) is 19.3 Å². The minimum absolute atomic E-state index is 0.0100. The van der Waals surface area contributed by atoms with Gasteiger partial charge in [-0.2, -0.15) is 0 Å². The Morgan fingerprint density at radius 3 is 1.74 bits per heavy atom. The minimum atomic E-state index is 0.0100. The summed E-state index contributed by atoms with van der Waals surface area (Å²) < 4.78 is 0. The van der Waals surface area contributed by atoms with Gasteiger partial charge in [-0.15, -0.1) is 43.0 Å². The lowest BCUT2D eigenvalue weighted by molar-refractivity contribution is 0.304. The zero-order chi connectivity index (χ0) is 14.4. The zero-order valence-corrected chi connectivity index (χ0v) is 12.1. The highest BCUT2D eigenvalue weighted by Gasteiger charge is 2.26. The van der Waals surface area contributed by atoms with Crippen LogP contribution in [0.2, 0.25) is 0 Å². The molecule has 100 valence electrons. The molecule has 0 atom stereocenters. The number of rotatable bonds is 8. The van der Waals surface area contributed by atoms with Gasteiger partial charge in [-0.25, -0.2) is 0 Å². The zero-order valence-electron chi connectivity index (χ0n) is 12.1. The van der Waals surface area contributed by atoms with Crippen molar-refractivity contribution >= 4 is 0 Å². The van der Waals surface area contributed by atoms with E-state index in [1.807, 2.05) is 0 Å². The van der Waals surface area contributed by atoms with Crippen molar-refractivity contribution in [2.45, 2.75) is 64.7 Å². The first kappa shape index (κ1) is 17.2. The largest absolute Gasteiger partial charge is 0.120 e. The summed E-state index contributed by atoms with van der Waals surface area (Å²) in [6, 6.07) is 0. The van der Waals surface area contributed by atoms with Gasteiger partial charge < -0.3 is 0 Å². The monoisotopic (exact) mass is 252 g/mol. The van der Waals surface area contributed by atoms with Crippen molar-refractivity contribution in [3.8, 4) is 48.9 Å². The molecule has 0 saturated carbocycles. The molecule has 19 heavy (non-hydrogen) atoms. The molecule has 0 fully saturated rings. The van der Waals surface area contributed by atoms with Gasteiger partial charge in [0.25, 0.3) is 0 Å². The third kappa shape index (κ3) is 8.04. The Morgan fingerprint density at radius 2 is 1.32 bits per heavy atom. The van der Waals surface area contributed by atoms with E-state index in [1.165, 1.54) is 0 Å². The van der Waals surface area contributed by atoms with Crippen LogP contribution in [-0.4, -0.2) is 0 Å². The average molecular weight is 252 g/mol. The van der Waals surface area contributed by atoms with Gasteiger partial charge in [-0.3, -0.25) is 0 Å². The van der Waals surface area contributed by atoms with Crippen molar-refractivity contribution in [2.75, 3.05) is 0 Å². The van der Waals surface area contributed by atoms with Gasteiger partial charge in [-0.1, -0.05) is 12.8 Å². The molecule has 0 amide bonds. The predicted octanol–water partition coefficient (Wildman–Crippen LogP) is 4.41. The smallest absolute Gasteiger partial charge is 0.0324 e. The van der Waals surface area contributed by atoms with Gasteiger partial charge in [0, 0.05) is 31.1 Å². The summed E-state index contributed by atoms with van der Waals surface area (Å²) in [5, 5.41) is 0. The topological polar surface area (TPSA) is 0 Å². The number of hydrogen-bond donors (Lipinski definition) is 0. The Balaban J connectivity index is 4.81. The van der Waals surface area contributed by atoms with E-state index in [0.29, 0.717) is 0 Å². The second kappa shape index (κ2) is 11.3. The molecule has 0 rings (SSSR count). The Bertz CT molecular complexity index is 388. The highest BCUT2D eigenvalue weighted by atomic mass is 14.3. The van der Waals surface area contributed by atoms with E-state index in [9.17, 15) is 0 Å². The van der Waals surface area contributed by atoms with Crippen LogP contribution in [0.4, 0.5) is 0 Å². The predicted molar refractivity (Wildman–Crippen MR) is 83.9 cm³/mol. The summed E-state index contributed by atoms with van der Waals surface area (Å²) in [5.74, 6) is 14.8. The fraction of sp³-hybridized carbons (Fsp3) is 0.579. The Kier molecular flexibility index (Phi) is 10.3. The second-order valence-corrected chi connectivity index (χ2v) is 4.76. The van der Waals surface area contributed by atoms with E-state index in [0.717, 1.165) is 57.8 Å². The average Bonchev–Trinajstić information content (AvgIpc) is 2.43. The van der Waals surface area contributed by atoms with E-state index >= 15 is 0 Å². The van der Waals surface area contributed by atoms with Gasteiger partial charge in [0.1, 0.15) is 0 Å². The molecule has 0 bridgehead atoms. The van der Waals surface area contributed by atoms with Crippen LogP contribution in [0, 0.1) is 54.3 Å². The molecule has 0 heterocycles. The molecule has 0 nitrogen and oxygen atoms in total. The van der Waals surface area contributed by atoms with Gasteiger partial charge in [0.05, 0.1) is 0 Å². The van der Waals surface area contributed by atoms with E-state index in [2.05, 4.69) is 36.5 Å². The third-order valence-electron chi connectivity index (χ3n) is 3.23. The Labute approximate surface area is 119 Å². The van der Waals surface area contributed by atoms with Crippen molar-refractivity contribution in [1.82, 2.24) is 0 Å². The number of unbranched alkanes of at least 4 members (excludes halogenated alkanes) is 2. The molecule has 0 heteroatoms. The molecule has 0 aromatic carbocycles. The highest BCUT2D eigenvalue weighted by molar-refractivity contribution is 5.13. The summed E-state index contributed by atoms with van der Waals surface area (Å²) >= 11 is 0. The van der Waals surface area contributed by atoms with Crippen LogP contribution in [0.15, 0.2) is 0 Å². The van der Waals surface area contributed by atoms with Crippen molar-refractivity contribution in [3.05, 3.63) is 0 Å². The van der Waals surface area contributed by atoms with Gasteiger partial charge in [-0.05, 0) is 32.1 Å². The molecule has 0 N–H and O–H groups in total. The molecule has 0 radical (unpaired) electrons. The van der Waals surface area contributed by atoms with Crippen LogP contribution >= 0.6 is 0 Å². The van der Waals surface area contributed by atoms with Crippen LogP contribution in [0.1, 0.15) is 64.7 Å². The standard InChI is InChI=1S/C19H24/c1-5-9-13-17-19(15-11-7-3,16-12-8-4)18-14-10-6-2/h1-3H,8-11,13-15,17-18H2,4H3. The number of terminal acetylenes is 3. The fourth-order valence-corrected chi connectivity index (χ4v) is 2.21. The summed E-state index contributed by atoms with van der Waals surface area (Å²) in [4.78, 5) is 0. The Hall–Kier alpha value is -1.76. The maximum Gasteiger partial charge on any atom is 0.0324 e. The second-order valence-electron chi connectivity index (χ2n) is 4.76. The molecule has 0 aliphatic carbocycles. The quantitative estimate of drug-likeness (QED) is 0.443. The first-order chi connectivity index (χ1) is 9.24. The van der Waals surface area contributed by atoms with E-state index in [-0.39, 0.29) is 5.41 Å². The van der Waals surface area contributed by atoms with Gasteiger partial charge >= 0.3 is 0 Å². The highest BCUT2D eigenvalue weighted by Crippen LogP contribution is 2.35. The molecular formula is C19H24. The van der Waals surface area contributed by atoms with Crippen molar-refractivity contribution < 1.29 is 0 Å². The minimum Gasteiger partial charge on any atom is -0.120 e. The van der Waals surface area contributed by atoms with Crippen LogP contribution in [-0.2, 0) is 0 Å². The van der Waals surface area contributed by atoms with Crippen LogP contribution < -0.4 is 0 Å². The molecule has 0 saturated heterocycles. The van der Waals surface area contributed by atoms with Gasteiger partial charge in [0.15, 0.2) is 0 Å². The van der Waals surface area contributed by atoms with Crippen molar-refractivity contribution in [1.29, 1.82) is 0 Å². The first-order valence-corrected chi connectivity index (χ1v) is 7.05. The first-order valence-electron chi connectivity index (χ1n) is 7.05. The lowest BCUT2D eigenvalue weighted by Crippen LogP contribution is -2.19. The summed E-state index contributed by atoms with van der Waals surface area (Å²) in [5.41, 5.74) is 0.0100. The fourth-order valence-electron chi connectivity index (χ4n) is 2.21. The van der Waals surface area contributed by atoms with Crippen molar-refractivity contribution in [2.24, 2.45) is 5.41 Å². The lowest BCUT2D eigenvalue weighted by Gasteiger charge is -2.28. The normalized spacial score (nSPS) is 9.58. The Morgan fingerprint density at radius 1 is 0.789 bits per heavy atom. The maximum absolute atomic E-state index is 5.41. The summed E-state index contributed by atoms with van der Waals surface area (Å²) in [7, 11) is 0. The molecule has 0 aromatic rings. The molecule has 0 aromatic heterocycles. The van der Waals surface area contributed by atoms with E-state index < -0.39 is 0 Å².